The Bertz CT molecular complexity index is 646. The van der Waals surface area contributed by atoms with Crippen molar-refractivity contribution in [1.29, 1.82) is 0 Å². The van der Waals surface area contributed by atoms with Crippen LogP contribution in [0.5, 0.6) is 11.5 Å². The zero-order valence-electron chi connectivity index (χ0n) is 10.6. The molecule has 0 spiro atoms. The maximum absolute atomic E-state index is 6.39. The highest BCUT2D eigenvalue weighted by Gasteiger charge is 2.20. The van der Waals surface area contributed by atoms with E-state index >= 15 is 0 Å². The van der Waals surface area contributed by atoms with Gasteiger partial charge in [0.15, 0.2) is 11.5 Å². The van der Waals surface area contributed by atoms with Gasteiger partial charge in [-0.2, -0.15) is 0 Å². The third-order valence-corrected chi connectivity index (χ3v) is 4.65. The first-order valence-electron chi connectivity index (χ1n) is 6.26. The molecule has 2 aromatic rings. The molecule has 0 amide bonds. The van der Waals surface area contributed by atoms with Gasteiger partial charge in [-0.25, -0.2) is 0 Å². The average Bonchev–Trinajstić information content (AvgIpc) is 2.46. The van der Waals surface area contributed by atoms with Crippen LogP contribution >= 0.6 is 31.9 Å². The highest BCUT2D eigenvalue weighted by molar-refractivity contribution is 9.10. The minimum Gasteiger partial charge on any atom is -0.486 e. The summed E-state index contributed by atoms with van der Waals surface area (Å²) < 4.78 is 13.1. The number of rotatable bonds is 2. The molecule has 1 heterocycles. The van der Waals surface area contributed by atoms with Crippen molar-refractivity contribution in [3.63, 3.8) is 0 Å². The van der Waals surface area contributed by atoms with Crippen LogP contribution < -0.4 is 15.2 Å². The van der Waals surface area contributed by atoms with Crippen LogP contribution in [0.25, 0.3) is 0 Å². The van der Waals surface area contributed by atoms with Crippen molar-refractivity contribution in [3.8, 4) is 11.5 Å². The Hall–Kier alpha value is -1.04. The van der Waals surface area contributed by atoms with Crippen molar-refractivity contribution in [2.75, 3.05) is 13.2 Å². The fourth-order valence-corrected chi connectivity index (χ4v) is 3.31. The Morgan fingerprint density at radius 2 is 1.55 bits per heavy atom. The molecule has 5 heteroatoms. The van der Waals surface area contributed by atoms with Crippen molar-refractivity contribution in [1.82, 2.24) is 0 Å². The van der Waals surface area contributed by atoms with E-state index in [0.29, 0.717) is 13.2 Å². The van der Waals surface area contributed by atoms with Gasteiger partial charge in [0.2, 0.25) is 0 Å². The number of hydrogen-bond acceptors (Lipinski definition) is 3. The lowest BCUT2D eigenvalue weighted by Crippen LogP contribution is -2.18. The predicted octanol–water partition coefficient (Wildman–Crippen LogP) is 4.03. The second-order valence-electron chi connectivity index (χ2n) is 4.52. The second-order valence-corrected chi connectivity index (χ2v) is 6.23. The van der Waals surface area contributed by atoms with Gasteiger partial charge in [0.25, 0.3) is 0 Å². The van der Waals surface area contributed by atoms with Gasteiger partial charge in [-0.05, 0) is 29.3 Å². The molecule has 0 aliphatic carbocycles. The molecule has 0 saturated heterocycles. The molecule has 1 atom stereocenters. The number of fused-ring (bicyclic) bond motifs is 1. The van der Waals surface area contributed by atoms with Crippen LogP contribution in [0.3, 0.4) is 0 Å². The van der Waals surface area contributed by atoms with E-state index in [-0.39, 0.29) is 6.04 Å². The summed E-state index contributed by atoms with van der Waals surface area (Å²) >= 11 is 7.11. The average molecular weight is 399 g/mol. The van der Waals surface area contributed by atoms with Gasteiger partial charge < -0.3 is 15.2 Å². The molecule has 0 saturated carbocycles. The molecule has 0 fully saturated rings. The number of halogens is 2. The lowest BCUT2D eigenvalue weighted by molar-refractivity contribution is 0.171. The van der Waals surface area contributed by atoms with Crippen LogP contribution in [-0.4, -0.2) is 13.2 Å². The summed E-state index contributed by atoms with van der Waals surface area (Å²) in [5.41, 5.74) is 8.40. The Morgan fingerprint density at radius 1 is 0.900 bits per heavy atom. The summed E-state index contributed by atoms with van der Waals surface area (Å²) in [6, 6.07) is 11.6. The third kappa shape index (κ3) is 2.57. The van der Waals surface area contributed by atoms with Gasteiger partial charge >= 0.3 is 0 Å². The SMILES string of the molecule is NC(c1ccccc1Br)c1cc2c(cc1Br)OCCO2. The molecular weight excluding hydrogens is 386 g/mol. The molecule has 20 heavy (non-hydrogen) atoms. The molecule has 2 aromatic carbocycles. The molecule has 104 valence electrons. The number of ether oxygens (including phenoxy) is 2. The molecule has 1 unspecified atom stereocenters. The first kappa shape index (κ1) is 13.9. The lowest BCUT2D eigenvalue weighted by atomic mass is 9.99. The van der Waals surface area contributed by atoms with Crippen molar-refractivity contribution in [2.24, 2.45) is 5.73 Å². The summed E-state index contributed by atoms with van der Waals surface area (Å²) in [6.07, 6.45) is 0. The third-order valence-electron chi connectivity index (χ3n) is 3.24. The van der Waals surface area contributed by atoms with E-state index in [9.17, 15) is 0 Å². The molecular formula is C15H13Br2NO2. The largest absolute Gasteiger partial charge is 0.486 e. The van der Waals surface area contributed by atoms with Gasteiger partial charge in [-0.15, -0.1) is 0 Å². The monoisotopic (exact) mass is 397 g/mol. The molecule has 1 aliphatic rings. The first-order valence-corrected chi connectivity index (χ1v) is 7.84. The Kier molecular flexibility index (Phi) is 4.01. The van der Waals surface area contributed by atoms with E-state index in [0.717, 1.165) is 31.6 Å². The van der Waals surface area contributed by atoms with Crippen LogP contribution in [0, 0.1) is 0 Å². The Balaban J connectivity index is 2.03. The Morgan fingerprint density at radius 3 is 2.25 bits per heavy atom. The fraction of sp³-hybridized carbons (Fsp3) is 0.200. The minimum atomic E-state index is -0.240. The number of nitrogens with two attached hydrogens (primary N) is 1. The number of benzene rings is 2. The van der Waals surface area contributed by atoms with E-state index < -0.39 is 0 Å². The van der Waals surface area contributed by atoms with Gasteiger partial charge in [0.05, 0.1) is 6.04 Å². The quantitative estimate of drug-likeness (QED) is 0.830. The maximum Gasteiger partial charge on any atom is 0.162 e. The predicted molar refractivity (Wildman–Crippen MR) is 85.3 cm³/mol. The van der Waals surface area contributed by atoms with Crippen molar-refractivity contribution >= 4 is 31.9 Å². The van der Waals surface area contributed by atoms with Crippen molar-refractivity contribution in [3.05, 3.63) is 56.5 Å². The molecule has 3 rings (SSSR count). The van der Waals surface area contributed by atoms with Crippen molar-refractivity contribution in [2.45, 2.75) is 6.04 Å². The first-order chi connectivity index (χ1) is 9.66. The lowest BCUT2D eigenvalue weighted by Gasteiger charge is -2.22. The summed E-state index contributed by atoms with van der Waals surface area (Å²) in [6.45, 7) is 1.15. The normalized spacial score (nSPS) is 14.9. The van der Waals surface area contributed by atoms with Gasteiger partial charge in [0, 0.05) is 8.95 Å². The molecule has 2 N–H and O–H groups in total. The van der Waals surface area contributed by atoms with E-state index in [1.807, 2.05) is 36.4 Å². The fourth-order valence-electron chi connectivity index (χ4n) is 2.21. The van der Waals surface area contributed by atoms with Crippen LogP contribution in [0.15, 0.2) is 45.3 Å². The van der Waals surface area contributed by atoms with Gasteiger partial charge in [-0.1, -0.05) is 50.1 Å². The summed E-state index contributed by atoms with van der Waals surface area (Å²) in [5, 5.41) is 0. The van der Waals surface area contributed by atoms with E-state index in [1.165, 1.54) is 0 Å². The van der Waals surface area contributed by atoms with Crippen LogP contribution in [0.2, 0.25) is 0 Å². The maximum atomic E-state index is 6.39. The van der Waals surface area contributed by atoms with Crippen molar-refractivity contribution < 1.29 is 9.47 Å². The van der Waals surface area contributed by atoms with Crippen LogP contribution in [-0.2, 0) is 0 Å². The standard InChI is InChI=1S/C15H13Br2NO2/c16-11-4-2-1-3-9(11)15(18)10-7-13-14(8-12(10)17)20-6-5-19-13/h1-4,7-8,15H,5-6,18H2. The van der Waals surface area contributed by atoms with Gasteiger partial charge in [0.1, 0.15) is 13.2 Å². The van der Waals surface area contributed by atoms with Crippen LogP contribution in [0.1, 0.15) is 17.2 Å². The highest BCUT2D eigenvalue weighted by atomic mass is 79.9. The second kappa shape index (κ2) is 5.76. The zero-order chi connectivity index (χ0) is 14.1. The summed E-state index contributed by atoms with van der Waals surface area (Å²) in [7, 11) is 0. The molecule has 3 nitrogen and oxygen atoms in total. The van der Waals surface area contributed by atoms with E-state index in [1.54, 1.807) is 0 Å². The van der Waals surface area contributed by atoms with E-state index in [2.05, 4.69) is 31.9 Å². The smallest absolute Gasteiger partial charge is 0.162 e. The van der Waals surface area contributed by atoms with Crippen LogP contribution in [0.4, 0.5) is 0 Å². The topological polar surface area (TPSA) is 44.5 Å². The highest BCUT2D eigenvalue weighted by Crippen LogP contribution is 2.39. The molecule has 0 bridgehead atoms. The zero-order valence-corrected chi connectivity index (χ0v) is 13.8. The summed E-state index contributed by atoms with van der Waals surface area (Å²) in [4.78, 5) is 0. The number of hydrogen-bond donors (Lipinski definition) is 1. The molecule has 0 radical (unpaired) electrons. The van der Waals surface area contributed by atoms with E-state index in [4.69, 9.17) is 15.2 Å². The molecule has 1 aliphatic heterocycles. The minimum absolute atomic E-state index is 0.240. The summed E-state index contributed by atoms with van der Waals surface area (Å²) in [5.74, 6) is 1.50. The molecule has 0 aromatic heterocycles. The van der Waals surface area contributed by atoms with Gasteiger partial charge in [-0.3, -0.25) is 0 Å². The Labute approximate surface area is 134 Å².